The number of thiophene rings is 1. The molecule has 0 aliphatic rings. The van der Waals surface area contributed by atoms with Gasteiger partial charge in [-0.3, -0.25) is 0 Å². The second-order valence-electron chi connectivity index (χ2n) is 3.94. The Hall–Kier alpha value is -1.32. The Morgan fingerprint density at radius 2 is 2.12 bits per heavy atom. The minimum absolute atomic E-state index is 0.823. The highest BCUT2D eigenvalue weighted by Crippen LogP contribution is 2.13. The van der Waals surface area contributed by atoms with Gasteiger partial charge in [0.25, 0.3) is 0 Å². The summed E-state index contributed by atoms with van der Waals surface area (Å²) in [5.74, 6) is 0. The molecule has 1 aromatic carbocycles. The minimum Gasteiger partial charge on any atom is -0.398 e. The minimum atomic E-state index is 0.823. The molecule has 3 N–H and O–H groups in total. The van der Waals surface area contributed by atoms with Crippen LogP contribution in [0.2, 0.25) is 0 Å². The molecular formula is C13H16N2S. The van der Waals surface area contributed by atoms with Crippen molar-refractivity contribution in [1.82, 2.24) is 5.32 Å². The van der Waals surface area contributed by atoms with Gasteiger partial charge in [-0.2, -0.15) is 11.3 Å². The molecule has 0 amide bonds. The summed E-state index contributed by atoms with van der Waals surface area (Å²) in [6.45, 7) is 3.81. The largest absolute Gasteiger partial charge is 0.398 e. The van der Waals surface area contributed by atoms with Crippen molar-refractivity contribution >= 4 is 17.0 Å². The molecule has 1 aromatic heterocycles. The molecule has 0 fully saturated rings. The monoisotopic (exact) mass is 232 g/mol. The highest BCUT2D eigenvalue weighted by molar-refractivity contribution is 7.07. The zero-order chi connectivity index (χ0) is 11.4. The van der Waals surface area contributed by atoms with E-state index in [0.717, 1.165) is 18.8 Å². The van der Waals surface area contributed by atoms with Crippen molar-refractivity contribution in [3.8, 4) is 0 Å². The summed E-state index contributed by atoms with van der Waals surface area (Å²) < 4.78 is 0. The maximum atomic E-state index is 5.91. The Labute approximate surface area is 100 Å². The van der Waals surface area contributed by atoms with Crippen molar-refractivity contribution in [1.29, 1.82) is 0 Å². The van der Waals surface area contributed by atoms with Crippen LogP contribution in [0.1, 0.15) is 16.7 Å². The number of hydrogen-bond donors (Lipinski definition) is 2. The summed E-state index contributed by atoms with van der Waals surface area (Å²) in [5.41, 5.74) is 10.5. The summed E-state index contributed by atoms with van der Waals surface area (Å²) in [7, 11) is 0. The van der Waals surface area contributed by atoms with E-state index in [4.69, 9.17) is 5.73 Å². The number of benzene rings is 1. The molecular weight excluding hydrogens is 216 g/mol. The summed E-state index contributed by atoms with van der Waals surface area (Å²) in [6, 6.07) is 8.28. The molecule has 0 spiro atoms. The smallest absolute Gasteiger partial charge is 0.0359 e. The van der Waals surface area contributed by atoms with Crippen molar-refractivity contribution in [2.45, 2.75) is 20.0 Å². The second-order valence-corrected chi connectivity index (χ2v) is 4.72. The van der Waals surface area contributed by atoms with Gasteiger partial charge in [-0.25, -0.2) is 0 Å². The van der Waals surface area contributed by atoms with Crippen molar-refractivity contribution in [3.63, 3.8) is 0 Å². The Kier molecular flexibility index (Phi) is 3.59. The van der Waals surface area contributed by atoms with E-state index in [9.17, 15) is 0 Å². The molecule has 3 heteroatoms. The van der Waals surface area contributed by atoms with Gasteiger partial charge in [-0.15, -0.1) is 0 Å². The Balaban J connectivity index is 1.92. The van der Waals surface area contributed by atoms with E-state index in [1.165, 1.54) is 16.7 Å². The van der Waals surface area contributed by atoms with E-state index in [-0.39, 0.29) is 0 Å². The highest BCUT2D eigenvalue weighted by atomic mass is 32.1. The molecule has 2 nitrogen and oxygen atoms in total. The van der Waals surface area contributed by atoms with E-state index < -0.39 is 0 Å². The lowest BCUT2D eigenvalue weighted by molar-refractivity contribution is 0.696. The molecule has 0 atom stereocenters. The number of hydrogen-bond acceptors (Lipinski definition) is 3. The number of rotatable bonds is 4. The molecule has 0 bridgehead atoms. The van der Waals surface area contributed by atoms with Crippen molar-refractivity contribution in [2.24, 2.45) is 0 Å². The molecule has 0 aliphatic carbocycles. The summed E-state index contributed by atoms with van der Waals surface area (Å²) in [4.78, 5) is 0. The molecule has 0 radical (unpaired) electrons. The third-order valence-corrected chi connectivity index (χ3v) is 3.26. The Morgan fingerprint density at radius 3 is 2.88 bits per heavy atom. The Bertz CT molecular complexity index is 449. The second kappa shape index (κ2) is 5.14. The fraction of sp³-hybridized carbons (Fsp3) is 0.231. The third kappa shape index (κ3) is 2.84. The molecule has 0 saturated carbocycles. The number of nitrogens with two attached hydrogens (primary N) is 1. The number of nitrogen functional groups attached to an aromatic ring is 1. The van der Waals surface area contributed by atoms with Crippen LogP contribution in [0.4, 0.5) is 5.69 Å². The Morgan fingerprint density at radius 1 is 1.25 bits per heavy atom. The number of aryl methyl sites for hydroxylation is 1. The van der Waals surface area contributed by atoms with E-state index in [2.05, 4.69) is 35.1 Å². The van der Waals surface area contributed by atoms with Crippen LogP contribution in [0.3, 0.4) is 0 Å². The maximum absolute atomic E-state index is 5.91. The predicted molar refractivity (Wildman–Crippen MR) is 70.5 cm³/mol. The first-order chi connectivity index (χ1) is 7.75. The first kappa shape index (κ1) is 11.2. The van der Waals surface area contributed by atoms with E-state index in [1.807, 2.05) is 12.1 Å². The lowest BCUT2D eigenvalue weighted by Gasteiger charge is -2.07. The first-order valence-corrected chi connectivity index (χ1v) is 6.27. The van der Waals surface area contributed by atoms with Gasteiger partial charge in [0.15, 0.2) is 0 Å². The zero-order valence-corrected chi connectivity index (χ0v) is 10.2. The first-order valence-electron chi connectivity index (χ1n) is 5.32. The summed E-state index contributed by atoms with van der Waals surface area (Å²) in [6.07, 6.45) is 0. The quantitative estimate of drug-likeness (QED) is 0.795. The van der Waals surface area contributed by atoms with Gasteiger partial charge in [0.1, 0.15) is 0 Å². The SMILES string of the molecule is Cc1ccc(N)c(CNCc2ccsc2)c1. The van der Waals surface area contributed by atoms with Gasteiger partial charge in [0.2, 0.25) is 0 Å². The molecule has 0 saturated heterocycles. The standard InChI is InChI=1S/C13H16N2S/c1-10-2-3-13(14)12(6-10)8-15-7-11-4-5-16-9-11/h2-6,9,15H,7-8,14H2,1H3. The van der Waals surface area contributed by atoms with E-state index in [0.29, 0.717) is 0 Å². The van der Waals surface area contributed by atoms with Gasteiger partial charge in [-0.1, -0.05) is 17.7 Å². The average molecular weight is 232 g/mol. The maximum Gasteiger partial charge on any atom is 0.0359 e. The van der Waals surface area contributed by atoms with Crippen LogP contribution < -0.4 is 11.1 Å². The fourth-order valence-corrected chi connectivity index (χ4v) is 2.29. The van der Waals surface area contributed by atoms with Crippen LogP contribution in [0, 0.1) is 6.92 Å². The molecule has 16 heavy (non-hydrogen) atoms. The summed E-state index contributed by atoms with van der Waals surface area (Å²) >= 11 is 1.73. The normalized spacial score (nSPS) is 10.6. The topological polar surface area (TPSA) is 38.0 Å². The molecule has 84 valence electrons. The van der Waals surface area contributed by atoms with Crippen LogP contribution >= 0.6 is 11.3 Å². The van der Waals surface area contributed by atoms with Crippen molar-refractivity contribution in [3.05, 3.63) is 51.7 Å². The van der Waals surface area contributed by atoms with Crippen LogP contribution in [-0.2, 0) is 13.1 Å². The van der Waals surface area contributed by atoms with E-state index >= 15 is 0 Å². The van der Waals surface area contributed by atoms with Crippen LogP contribution in [0.25, 0.3) is 0 Å². The fourth-order valence-electron chi connectivity index (χ4n) is 1.62. The molecule has 1 heterocycles. The number of nitrogens with one attached hydrogen (secondary N) is 1. The average Bonchev–Trinajstić information content (AvgIpc) is 2.76. The van der Waals surface area contributed by atoms with Gasteiger partial charge in [-0.05, 0) is 40.9 Å². The van der Waals surface area contributed by atoms with Gasteiger partial charge >= 0.3 is 0 Å². The molecule has 0 aliphatic heterocycles. The lowest BCUT2D eigenvalue weighted by Crippen LogP contribution is -2.13. The van der Waals surface area contributed by atoms with Crippen molar-refractivity contribution in [2.75, 3.05) is 5.73 Å². The molecule has 2 aromatic rings. The van der Waals surface area contributed by atoms with Crippen LogP contribution in [-0.4, -0.2) is 0 Å². The predicted octanol–water partition coefficient (Wildman–Crippen LogP) is 2.93. The van der Waals surface area contributed by atoms with Crippen LogP contribution in [0.15, 0.2) is 35.0 Å². The van der Waals surface area contributed by atoms with Gasteiger partial charge in [0, 0.05) is 18.8 Å². The zero-order valence-electron chi connectivity index (χ0n) is 9.36. The highest BCUT2D eigenvalue weighted by Gasteiger charge is 1.99. The van der Waals surface area contributed by atoms with Crippen LogP contribution in [0.5, 0.6) is 0 Å². The molecule has 0 unspecified atom stereocenters. The number of anilines is 1. The van der Waals surface area contributed by atoms with Crippen molar-refractivity contribution < 1.29 is 0 Å². The summed E-state index contributed by atoms with van der Waals surface area (Å²) in [5, 5.41) is 7.65. The third-order valence-electron chi connectivity index (χ3n) is 2.52. The lowest BCUT2D eigenvalue weighted by atomic mass is 10.1. The van der Waals surface area contributed by atoms with Gasteiger partial charge in [0.05, 0.1) is 0 Å². The van der Waals surface area contributed by atoms with Gasteiger partial charge < -0.3 is 11.1 Å². The van der Waals surface area contributed by atoms with E-state index in [1.54, 1.807) is 11.3 Å². The molecule has 2 rings (SSSR count).